The van der Waals surface area contributed by atoms with Crippen molar-refractivity contribution in [3.8, 4) is 5.75 Å². The largest absolute Gasteiger partial charge is 0.497 e. The van der Waals surface area contributed by atoms with Crippen molar-refractivity contribution in [1.29, 1.82) is 0 Å². The number of rotatable bonds is 7. The summed E-state index contributed by atoms with van der Waals surface area (Å²) in [6, 6.07) is 9.58. The van der Waals surface area contributed by atoms with E-state index >= 15 is 0 Å². The fourth-order valence-electron chi connectivity index (χ4n) is 5.68. The Hall–Kier alpha value is -3.70. The highest BCUT2D eigenvalue weighted by atomic mass is 35.5. The maximum Gasteiger partial charge on any atom is 0.338 e. The summed E-state index contributed by atoms with van der Waals surface area (Å²) < 4.78 is 10.1. The number of imide groups is 1. The van der Waals surface area contributed by atoms with Crippen LogP contribution in [0.1, 0.15) is 16.8 Å². The highest BCUT2D eigenvalue weighted by Gasteiger charge is 2.66. The molecular weight excluding hydrogens is 541 g/mol. The summed E-state index contributed by atoms with van der Waals surface area (Å²) in [5, 5.41) is 12.8. The van der Waals surface area contributed by atoms with Gasteiger partial charge in [0.1, 0.15) is 11.4 Å². The lowest BCUT2D eigenvalue weighted by atomic mass is 9.80. The van der Waals surface area contributed by atoms with E-state index in [2.05, 4.69) is 5.32 Å². The van der Waals surface area contributed by atoms with Gasteiger partial charge in [0.05, 0.1) is 45.9 Å². The number of nitrogens with zero attached hydrogens (tertiary/aromatic N) is 2. The van der Waals surface area contributed by atoms with Crippen molar-refractivity contribution in [2.75, 3.05) is 23.9 Å². The van der Waals surface area contributed by atoms with E-state index in [1.807, 2.05) is 0 Å². The number of anilines is 2. The zero-order valence-electron chi connectivity index (χ0n) is 19.8. The molecule has 1 saturated heterocycles. The zero-order valence-corrected chi connectivity index (χ0v) is 21.3. The van der Waals surface area contributed by atoms with E-state index < -0.39 is 35.2 Å². The fraction of sp³-hybridized carbons (Fsp3) is 0.360. The monoisotopic (exact) mass is 561 g/mol. The number of fused-ring (bicyclic) bond motifs is 5. The molecule has 198 valence electrons. The average Bonchev–Trinajstić information content (AvgIpc) is 3.51. The predicted molar refractivity (Wildman–Crippen MR) is 135 cm³/mol. The number of hydrogen-bond donors (Lipinski definition) is 1. The molecule has 0 spiro atoms. The number of amides is 3. The Labute approximate surface area is 226 Å². The first-order valence-electron chi connectivity index (χ1n) is 11.7. The van der Waals surface area contributed by atoms with E-state index in [1.165, 1.54) is 49.6 Å². The van der Waals surface area contributed by atoms with Crippen LogP contribution in [0.25, 0.3) is 0 Å². The van der Waals surface area contributed by atoms with Gasteiger partial charge in [-0.1, -0.05) is 6.07 Å². The number of benzene rings is 2. The van der Waals surface area contributed by atoms with Gasteiger partial charge in [-0.3, -0.25) is 29.4 Å². The summed E-state index contributed by atoms with van der Waals surface area (Å²) >= 11 is 12.8. The smallest absolute Gasteiger partial charge is 0.338 e. The van der Waals surface area contributed by atoms with Crippen LogP contribution in [0.3, 0.4) is 0 Å². The molecule has 13 heteroatoms. The number of halogens is 2. The molecule has 6 atom stereocenters. The molecule has 2 aromatic rings. The number of nitro benzene ring substituents is 1. The summed E-state index contributed by atoms with van der Waals surface area (Å²) in [6.07, 6.45) is 0.635. The van der Waals surface area contributed by atoms with Gasteiger partial charge in [-0.25, -0.2) is 4.79 Å². The molecule has 5 rings (SSSR count). The van der Waals surface area contributed by atoms with Gasteiger partial charge in [0.25, 0.3) is 11.6 Å². The van der Waals surface area contributed by atoms with Crippen molar-refractivity contribution in [2.24, 2.45) is 23.7 Å². The normalized spacial score (nSPS) is 27.3. The van der Waals surface area contributed by atoms with Gasteiger partial charge in [0, 0.05) is 12.1 Å². The minimum absolute atomic E-state index is 0.00809. The minimum atomic E-state index is -0.886. The second-order valence-electron chi connectivity index (χ2n) is 9.33. The van der Waals surface area contributed by atoms with Crippen LogP contribution in [0.2, 0.25) is 0 Å². The Morgan fingerprint density at radius 1 is 1.08 bits per heavy atom. The van der Waals surface area contributed by atoms with Gasteiger partial charge < -0.3 is 14.8 Å². The maximum absolute atomic E-state index is 13.2. The highest BCUT2D eigenvalue weighted by Crippen LogP contribution is 2.59. The first-order valence-corrected chi connectivity index (χ1v) is 12.5. The Balaban J connectivity index is 1.26. The molecule has 0 radical (unpaired) electrons. The molecule has 2 saturated carbocycles. The maximum atomic E-state index is 13.2. The fourth-order valence-corrected chi connectivity index (χ4v) is 6.57. The summed E-state index contributed by atoms with van der Waals surface area (Å²) in [5.41, 5.74) is -0.274. The van der Waals surface area contributed by atoms with Crippen LogP contribution in [0.15, 0.2) is 42.5 Å². The quantitative estimate of drug-likeness (QED) is 0.178. The number of methoxy groups -OCH3 is 1. The van der Waals surface area contributed by atoms with Crippen LogP contribution in [0, 0.1) is 33.8 Å². The van der Waals surface area contributed by atoms with E-state index in [0.717, 1.165) is 4.90 Å². The number of ether oxygens (including phenoxy) is 2. The first kappa shape index (κ1) is 25.9. The van der Waals surface area contributed by atoms with Gasteiger partial charge in [-0.2, -0.15) is 0 Å². The molecule has 1 N–H and O–H groups in total. The van der Waals surface area contributed by atoms with Crippen LogP contribution in [-0.2, 0) is 19.1 Å². The van der Waals surface area contributed by atoms with Crippen LogP contribution in [-0.4, -0.2) is 53.1 Å². The highest BCUT2D eigenvalue weighted by molar-refractivity contribution is 6.32. The van der Waals surface area contributed by atoms with E-state index in [0.29, 0.717) is 6.42 Å². The molecule has 1 heterocycles. The molecule has 2 bridgehead atoms. The summed E-state index contributed by atoms with van der Waals surface area (Å²) in [6.45, 7) is -0.735. The third-order valence-electron chi connectivity index (χ3n) is 7.34. The molecule has 0 unspecified atom stereocenters. The van der Waals surface area contributed by atoms with Gasteiger partial charge in [-0.15, -0.1) is 23.2 Å². The topological polar surface area (TPSA) is 145 Å². The van der Waals surface area contributed by atoms with Crippen LogP contribution < -0.4 is 15.0 Å². The number of hydrogen-bond acceptors (Lipinski definition) is 8. The predicted octanol–water partition coefficient (Wildman–Crippen LogP) is 3.37. The van der Waals surface area contributed by atoms with E-state index in [9.17, 15) is 29.3 Å². The van der Waals surface area contributed by atoms with E-state index in [1.54, 1.807) is 0 Å². The molecule has 2 aromatic carbocycles. The molecule has 3 aliphatic rings. The van der Waals surface area contributed by atoms with Crippen molar-refractivity contribution in [1.82, 2.24) is 0 Å². The zero-order chi connectivity index (χ0) is 27.3. The molecule has 3 fully saturated rings. The average molecular weight is 562 g/mol. The summed E-state index contributed by atoms with van der Waals surface area (Å²) in [4.78, 5) is 63.0. The standard InChI is InChI=1S/C25H21Cl2N3O8/c1-37-13-5-6-17(30(35)36)16(8-13)28-18(31)10-38-25(34)11-3-2-4-12(7-11)29-23(32)19-14-9-15(20(19)24(29)33)22(27)21(14)26/h2-8,14-15,19-22H,9-10H2,1H3,(H,28,31)/t14-,15-,19-,20-,21+,22+/m1/s1. The third-order valence-corrected chi connectivity index (χ3v) is 8.66. The molecule has 3 amide bonds. The summed E-state index contributed by atoms with van der Waals surface area (Å²) in [7, 11) is 1.37. The Morgan fingerprint density at radius 2 is 1.74 bits per heavy atom. The van der Waals surface area contributed by atoms with Crippen molar-refractivity contribution in [3.05, 3.63) is 58.1 Å². The number of carbonyl (C=O) groups is 4. The van der Waals surface area contributed by atoms with E-state index in [4.69, 9.17) is 32.7 Å². The number of alkyl halides is 2. The number of nitrogens with one attached hydrogen (secondary N) is 1. The number of esters is 1. The number of nitro groups is 1. The van der Waals surface area contributed by atoms with Gasteiger partial charge in [-0.05, 0) is 42.5 Å². The molecule has 1 aliphatic heterocycles. The third kappa shape index (κ3) is 4.25. The van der Waals surface area contributed by atoms with Crippen molar-refractivity contribution in [3.63, 3.8) is 0 Å². The van der Waals surface area contributed by atoms with Crippen LogP contribution >= 0.6 is 23.2 Å². The molecule has 0 aromatic heterocycles. The lowest BCUT2D eigenvalue weighted by Gasteiger charge is -2.28. The van der Waals surface area contributed by atoms with Crippen LogP contribution in [0.5, 0.6) is 5.75 Å². The molecule has 11 nitrogen and oxygen atoms in total. The van der Waals surface area contributed by atoms with Crippen molar-refractivity contribution < 1.29 is 33.6 Å². The lowest BCUT2D eigenvalue weighted by molar-refractivity contribution is -0.383. The van der Waals surface area contributed by atoms with E-state index in [-0.39, 0.29) is 62.8 Å². The van der Waals surface area contributed by atoms with Crippen molar-refractivity contribution >= 4 is 64.0 Å². The van der Waals surface area contributed by atoms with Gasteiger partial charge >= 0.3 is 5.97 Å². The Kier molecular flexibility index (Phi) is 6.74. The summed E-state index contributed by atoms with van der Waals surface area (Å²) in [5.74, 6) is -3.59. The Morgan fingerprint density at radius 3 is 2.34 bits per heavy atom. The number of carbonyl (C=O) groups excluding carboxylic acids is 4. The second-order valence-corrected chi connectivity index (χ2v) is 10.3. The minimum Gasteiger partial charge on any atom is -0.497 e. The van der Waals surface area contributed by atoms with Crippen LogP contribution in [0.4, 0.5) is 17.1 Å². The molecular formula is C25H21Cl2N3O8. The Bertz CT molecular complexity index is 1340. The SMILES string of the molecule is COc1ccc([N+](=O)[O-])c(NC(=O)COC(=O)c2cccc(N3C(=O)[C@@H]4[C@H]5C[C@@H]([C@H](Cl)[C@H]5Cl)[C@H]4C3=O)c2)c1. The van der Waals surface area contributed by atoms with Crippen molar-refractivity contribution in [2.45, 2.75) is 17.2 Å². The van der Waals surface area contributed by atoms with Gasteiger partial charge in [0.15, 0.2) is 6.61 Å². The second kappa shape index (κ2) is 9.88. The first-order chi connectivity index (χ1) is 18.1. The lowest BCUT2D eigenvalue weighted by Crippen LogP contribution is -2.37. The molecule has 2 aliphatic carbocycles. The van der Waals surface area contributed by atoms with Gasteiger partial charge in [0.2, 0.25) is 11.8 Å². The molecule has 38 heavy (non-hydrogen) atoms.